The SMILES string of the molecule is C[C@@H]1c2cc3c(cc2C2(CCCC2)CN1C(=O)c1ccc(S(=O)(=O)C(F)F)cc1)OCCO3. The predicted molar refractivity (Wildman–Crippen MR) is 117 cm³/mol. The molecule has 5 rings (SSSR count). The predicted octanol–water partition coefficient (Wildman–Crippen LogP) is 4.48. The van der Waals surface area contributed by atoms with Gasteiger partial charge in [0.1, 0.15) is 13.2 Å². The first-order valence-corrected chi connectivity index (χ1v) is 12.6. The van der Waals surface area contributed by atoms with Gasteiger partial charge in [-0.05, 0) is 67.3 Å². The van der Waals surface area contributed by atoms with E-state index in [1.807, 2.05) is 13.0 Å². The van der Waals surface area contributed by atoms with Gasteiger partial charge in [-0.2, -0.15) is 8.78 Å². The maximum Gasteiger partial charge on any atom is 0.341 e. The van der Waals surface area contributed by atoms with Crippen molar-refractivity contribution in [2.24, 2.45) is 0 Å². The number of alkyl halides is 2. The molecule has 1 aliphatic carbocycles. The Balaban J connectivity index is 1.51. The van der Waals surface area contributed by atoms with E-state index in [0.717, 1.165) is 49.1 Å². The summed E-state index contributed by atoms with van der Waals surface area (Å²) in [7, 11) is -4.71. The van der Waals surface area contributed by atoms with E-state index in [-0.39, 0.29) is 22.9 Å². The fourth-order valence-electron chi connectivity index (χ4n) is 5.41. The summed E-state index contributed by atoms with van der Waals surface area (Å²) >= 11 is 0. The molecule has 1 saturated carbocycles. The lowest BCUT2D eigenvalue weighted by atomic mass is 9.71. The summed E-state index contributed by atoms with van der Waals surface area (Å²) in [6.45, 7) is 3.49. The molecule has 2 aromatic rings. The Labute approximate surface area is 191 Å². The Morgan fingerprint density at radius 3 is 2.27 bits per heavy atom. The number of amides is 1. The van der Waals surface area contributed by atoms with E-state index in [2.05, 4.69) is 6.07 Å². The van der Waals surface area contributed by atoms with Crippen molar-refractivity contribution in [1.29, 1.82) is 0 Å². The third kappa shape index (κ3) is 3.57. The van der Waals surface area contributed by atoms with Gasteiger partial charge in [0.25, 0.3) is 5.91 Å². The van der Waals surface area contributed by atoms with Crippen molar-refractivity contribution < 1.29 is 31.5 Å². The molecule has 6 nitrogen and oxygen atoms in total. The van der Waals surface area contributed by atoms with Crippen molar-refractivity contribution in [3.63, 3.8) is 0 Å². The van der Waals surface area contributed by atoms with Crippen LogP contribution in [-0.2, 0) is 15.3 Å². The number of hydrogen-bond acceptors (Lipinski definition) is 5. The molecule has 1 spiro atoms. The summed E-state index contributed by atoms with van der Waals surface area (Å²) in [4.78, 5) is 14.8. The Hall–Kier alpha value is -2.68. The fourth-order valence-corrected chi connectivity index (χ4v) is 6.13. The second kappa shape index (κ2) is 7.97. The van der Waals surface area contributed by atoms with Crippen molar-refractivity contribution >= 4 is 15.7 Å². The lowest BCUT2D eigenvalue weighted by Crippen LogP contribution is -2.48. The smallest absolute Gasteiger partial charge is 0.341 e. The monoisotopic (exact) mass is 477 g/mol. The van der Waals surface area contributed by atoms with Gasteiger partial charge in [-0.3, -0.25) is 4.79 Å². The van der Waals surface area contributed by atoms with E-state index in [1.165, 1.54) is 17.7 Å². The van der Waals surface area contributed by atoms with Crippen molar-refractivity contribution in [2.45, 2.75) is 54.7 Å². The topological polar surface area (TPSA) is 72.9 Å². The number of rotatable bonds is 3. The fraction of sp³-hybridized carbons (Fsp3) is 0.458. The summed E-state index contributed by atoms with van der Waals surface area (Å²) in [6, 6.07) is 8.59. The zero-order valence-electron chi connectivity index (χ0n) is 18.2. The van der Waals surface area contributed by atoms with Gasteiger partial charge < -0.3 is 14.4 Å². The first-order chi connectivity index (χ1) is 15.7. The number of sulfone groups is 1. The average molecular weight is 478 g/mol. The van der Waals surface area contributed by atoms with Crippen LogP contribution < -0.4 is 9.47 Å². The molecule has 176 valence electrons. The third-order valence-corrected chi connectivity index (χ3v) is 8.56. The first-order valence-electron chi connectivity index (χ1n) is 11.1. The zero-order valence-corrected chi connectivity index (χ0v) is 19.0. The summed E-state index contributed by atoms with van der Waals surface area (Å²) in [5.74, 6) is -2.34. The van der Waals surface area contributed by atoms with Crippen LogP contribution in [0.3, 0.4) is 0 Å². The molecule has 1 amide bonds. The van der Waals surface area contributed by atoms with E-state index in [9.17, 15) is 22.0 Å². The van der Waals surface area contributed by atoms with Gasteiger partial charge in [-0.15, -0.1) is 0 Å². The van der Waals surface area contributed by atoms with Gasteiger partial charge in [0.05, 0.1) is 10.9 Å². The number of carbonyl (C=O) groups excluding carboxylic acids is 1. The van der Waals surface area contributed by atoms with Gasteiger partial charge in [0.15, 0.2) is 11.5 Å². The summed E-state index contributed by atoms with van der Waals surface area (Å²) in [5, 5.41) is 0. The van der Waals surface area contributed by atoms with Crippen molar-refractivity contribution in [3.05, 3.63) is 53.1 Å². The minimum Gasteiger partial charge on any atom is -0.486 e. The first kappa shape index (κ1) is 22.1. The van der Waals surface area contributed by atoms with Gasteiger partial charge in [-0.25, -0.2) is 8.42 Å². The van der Waals surface area contributed by atoms with Crippen molar-refractivity contribution in [3.8, 4) is 11.5 Å². The van der Waals surface area contributed by atoms with Gasteiger partial charge in [0, 0.05) is 17.5 Å². The molecule has 0 bridgehead atoms. The molecule has 1 fully saturated rings. The van der Waals surface area contributed by atoms with Gasteiger partial charge >= 0.3 is 5.76 Å². The maximum atomic E-state index is 13.5. The van der Waals surface area contributed by atoms with Crippen LogP contribution in [0.5, 0.6) is 11.5 Å². The van der Waals surface area contributed by atoms with E-state index in [0.29, 0.717) is 25.5 Å². The summed E-state index contributed by atoms with van der Waals surface area (Å²) in [5.41, 5.74) is 2.33. The molecule has 9 heteroatoms. The Bertz CT molecular complexity index is 1190. The van der Waals surface area contributed by atoms with Crippen LogP contribution in [0.15, 0.2) is 41.3 Å². The van der Waals surface area contributed by atoms with E-state index < -0.39 is 20.5 Å². The number of fused-ring (bicyclic) bond motifs is 3. The maximum absolute atomic E-state index is 13.5. The second-order valence-electron chi connectivity index (χ2n) is 9.01. The van der Waals surface area contributed by atoms with Crippen molar-refractivity contribution in [2.75, 3.05) is 19.8 Å². The van der Waals surface area contributed by atoms with Gasteiger partial charge in [-0.1, -0.05) is 12.8 Å². The van der Waals surface area contributed by atoms with Crippen LogP contribution in [0.2, 0.25) is 0 Å². The second-order valence-corrected chi connectivity index (χ2v) is 10.9. The Kier molecular flexibility index (Phi) is 5.34. The molecule has 0 saturated heterocycles. The van der Waals surface area contributed by atoms with E-state index >= 15 is 0 Å². The molecule has 33 heavy (non-hydrogen) atoms. The number of halogens is 2. The highest BCUT2D eigenvalue weighted by molar-refractivity contribution is 7.91. The molecule has 3 aliphatic rings. The molecule has 0 radical (unpaired) electrons. The summed E-state index contributed by atoms with van der Waals surface area (Å²) < 4.78 is 60.7. The summed E-state index contributed by atoms with van der Waals surface area (Å²) in [6.07, 6.45) is 4.07. The largest absolute Gasteiger partial charge is 0.486 e. The van der Waals surface area contributed by atoms with Crippen LogP contribution in [0.25, 0.3) is 0 Å². The van der Waals surface area contributed by atoms with Crippen LogP contribution in [0.1, 0.15) is 60.1 Å². The Morgan fingerprint density at radius 2 is 1.67 bits per heavy atom. The lowest BCUT2D eigenvalue weighted by molar-refractivity contribution is 0.0593. The number of benzene rings is 2. The average Bonchev–Trinajstić information content (AvgIpc) is 3.29. The highest BCUT2D eigenvalue weighted by atomic mass is 32.2. The van der Waals surface area contributed by atoms with Crippen LogP contribution in [0, 0.1) is 0 Å². The van der Waals surface area contributed by atoms with Gasteiger partial charge in [0.2, 0.25) is 9.84 Å². The minimum atomic E-state index is -4.71. The molecule has 2 aromatic carbocycles. The molecule has 1 atom stereocenters. The molecule has 0 unspecified atom stereocenters. The molecular weight excluding hydrogens is 452 g/mol. The molecule has 0 N–H and O–H groups in total. The Morgan fingerprint density at radius 1 is 1.06 bits per heavy atom. The number of carbonyl (C=O) groups is 1. The van der Waals surface area contributed by atoms with E-state index in [1.54, 1.807) is 4.90 Å². The highest BCUT2D eigenvalue weighted by Gasteiger charge is 2.46. The lowest BCUT2D eigenvalue weighted by Gasteiger charge is -2.46. The van der Waals surface area contributed by atoms with Crippen LogP contribution in [-0.4, -0.2) is 44.7 Å². The van der Waals surface area contributed by atoms with Crippen LogP contribution in [0.4, 0.5) is 8.78 Å². The standard InChI is InChI=1S/C24H25F2NO5S/c1-15-18-12-20-21(32-11-10-31-20)13-19(18)24(8-2-3-9-24)14-27(15)22(28)16-4-6-17(7-5-16)33(29,30)23(25)26/h4-7,12-13,15,23H,2-3,8-11,14H2,1H3/t15-/m1/s1. The minimum absolute atomic E-state index is 0.174. The molecule has 2 aliphatic heterocycles. The third-order valence-electron chi connectivity index (χ3n) is 7.16. The normalized spacial score (nSPS) is 21.3. The quantitative estimate of drug-likeness (QED) is 0.652. The number of hydrogen-bond donors (Lipinski definition) is 0. The molecule has 2 heterocycles. The number of nitrogens with zero attached hydrogens (tertiary/aromatic N) is 1. The van der Waals surface area contributed by atoms with E-state index in [4.69, 9.17) is 9.47 Å². The van der Waals surface area contributed by atoms with Crippen molar-refractivity contribution in [1.82, 2.24) is 4.90 Å². The van der Waals surface area contributed by atoms with Crippen LogP contribution >= 0.6 is 0 Å². The highest BCUT2D eigenvalue weighted by Crippen LogP contribution is 2.52. The molecular formula is C24H25F2NO5S. The zero-order chi connectivity index (χ0) is 23.4. The molecule has 0 aromatic heterocycles. The number of ether oxygens (including phenoxy) is 2.